The molecule has 2 rings (SSSR count). The molecule has 3 heteroatoms. The SMILES string of the molecule is CCCCn1[nH]cc(-c2ccccc2)c1=O. The Balaban J connectivity index is 2.31. The lowest BCUT2D eigenvalue weighted by molar-refractivity contribution is 0.557. The van der Waals surface area contributed by atoms with Crippen molar-refractivity contribution in [3.05, 3.63) is 46.9 Å². The molecule has 0 fully saturated rings. The van der Waals surface area contributed by atoms with Crippen LogP contribution in [-0.2, 0) is 6.54 Å². The second-order valence-electron chi connectivity index (χ2n) is 3.86. The smallest absolute Gasteiger partial charge is 0.274 e. The number of rotatable bonds is 4. The first-order valence-corrected chi connectivity index (χ1v) is 5.66. The maximum atomic E-state index is 12.0. The maximum Gasteiger partial charge on any atom is 0.274 e. The van der Waals surface area contributed by atoms with Crippen LogP contribution >= 0.6 is 0 Å². The van der Waals surface area contributed by atoms with Crippen LogP contribution < -0.4 is 5.56 Å². The topological polar surface area (TPSA) is 37.8 Å². The Morgan fingerprint density at radius 3 is 2.69 bits per heavy atom. The minimum absolute atomic E-state index is 0.0691. The monoisotopic (exact) mass is 216 g/mol. The van der Waals surface area contributed by atoms with E-state index in [4.69, 9.17) is 0 Å². The van der Waals surface area contributed by atoms with Crippen molar-refractivity contribution in [3.8, 4) is 11.1 Å². The first-order valence-electron chi connectivity index (χ1n) is 5.66. The molecule has 0 atom stereocenters. The summed E-state index contributed by atoms with van der Waals surface area (Å²) in [5.74, 6) is 0. The average Bonchev–Trinajstić information content (AvgIpc) is 2.69. The van der Waals surface area contributed by atoms with Crippen molar-refractivity contribution < 1.29 is 0 Å². The standard InChI is InChI=1S/C13H16N2O/c1-2-3-9-15-13(16)12(10-14-15)11-7-5-4-6-8-11/h4-8,10,14H,2-3,9H2,1H3. The lowest BCUT2D eigenvalue weighted by Crippen LogP contribution is -2.17. The second-order valence-corrected chi connectivity index (χ2v) is 3.86. The van der Waals surface area contributed by atoms with Crippen molar-refractivity contribution in [2.24, 2.45) is 0 Å². The van der Waals surface area contributed by atoms with Gasteiger partial charge in [-0.15, -0.1) is 0 Å². The molecule has 0 radical (unpaired) electrons. The van der Waals surface area contributed by atoms with Gasteiger partial charge in [0.25, 0.3) is 5.56 Å². The lowest BCUT2D eigenvalue weighted by atomic mass is 10.1. The summed E-state index contributed by atoms with van der Waals surface area (Å²) < 4.78 is 1.67. The predicted octanol–water partition coefficient (Wildman–Crippen LogP) is 2.64. The van der Waals surface area contributed by atoms with Crippen LogP contribution in [0, 0.1) is 0 Å². The molecule has 1 heterocycles. The summed E-state index contributed by atoms with van der Waals surface area (Å²) >= 11 is 0. The molecule has 1 aromatic carbocycles. The summed E-state index contributed by atoms with van der Waals surface area (Å²) in [5, 5.41) is 3.01. The molecular formula is C13H16N2O. The predicted molar refractivity (Wildman–Crippen MR) is 65.4 cm³/mol. The number of benzene rings is 1. The van der Waals surface area contributed by atoms with Crippen LogP contribution in [-0.4, -0.2) is 9.78 Å². The van der Waals surface area contributed by atoms with Gasteiger partial charge in [0.05, 0.1) is 5.56 Å². The van der Waals surface area contributed by atoms with Crippen LogP contribution in [0.15, 0.2) is 41.3 Å². The lowest BCUT2D eigenvalue weighted by Gasteiger charge is -1.98. The molecule has 0 amide bonds. The van der Waals surface area contributed by atoms with Gasteiger partial charge in [0.2, 0.25) is 0 Å². The molecule has 0 aliphatic heterocycles. The normalized spacial score (nSPS) is 10.6. The van der Waals surface area contributed by atoms with Crippen molar-refractivity contribution >= 4 is 0 Å². The number of nitrogens with one attached hydrogen (secondary N) is 1. The van der Waals surface area contributed by atoms with Gasteiger partial charge in [0.1, 0.15) is 0 Å². The Hall–Kier alpha value is -1.77. The minimum atomic E-state index is 0.0691. The third-order valence-electron chi connectivity index (χ3n) is 2.66. The van der Waals surface area contributed by atoms with Crippen LogP contribution in [0.25, 0.3) is 11.1 Å². The average molecular weight is 216 g/mol. The molecule has 0 saturated heterocycles. The fraction of sp³-hybridized carbons (Fsp3) is 0.308. The van der Waals surface area contributed by atoms with E-state index in [9.17, 15) is 4.79 Å². The molecule has 0 aliphatic rings. The molecule has 0 bridgehead atoms. The molecule has 16 heavy (non-hydrogen) atoms. The Labute approximate surface area is 94.7 Å². The second kappa shape index (κ2) is 4.84. The largest absolute Gasteiger partial charge is 0.302 e. The molecule has 1 N–H and O–H groups in total. The van der Waals surface area contributed by atoms with Gasteiger partial charge >= 0.3 is 0 Å². The summed E-state index contributed by atoms with van der Waals surface area (Å²) in [7, 11) is 0. The van der Waals surface area contributed by atoms with Gasteiger partial charge < -0.3 is 5.10 Å². The van der Waals surface area contributed by atoms with Crippen LogP contribution in [0.2, 0.25) is 0 Å². The number of hydrogen-bond donors (Lipinski definition) is 1. The number of nitrogens with zero attached hydrogens (tertiary/aromatic N) is 1. The maximum absolute atomic E-state index is 12.0. The zero-order valence-electron chi connectivity index (χ0n) is 9.44. The van der Waals surface area contributed by atoms with Crippen LogP contribution in [0.1, 0.15) is 19.8 Å². The number of aromatic nitrogens is 2. The molecule has 0 unspecified atom stereocenters. The van der Waals surface area contributed by atoms with Crippen molar-refractivity contribution in [2.75, 3.05) is 0 Å². The highest BCUT2D eigenvalue weighted by atomic mass is 16.1. The van der Waals surface area contributed by atoms with E-state index in [2.05, 4.69) is 12.0 Å². The number of H-pyrrole nitrogens is 1. The Bertz CT molecular complexity index is 496. The molecule has 2 aromatic rings. The van der Waals surface area contributed by atoms with E-state index in [1.54, 1.807) is 10.9 Å². The molecule has 84 valence electrons. The van der Waals surface area contributed by atoms with Gasteiger partial charge in [-0.3, -0.25) is 9.48 Å². The van der Waals surface area contributed by atoms with E-state index in [0.29, 0.717) is 0 Å². The van der Waals surface area contributed by atoms with Crippen molar-refractivity contribution in [1.82, 2.24) is 9.78 Å². The first-order chi connectivity index (χ1) is 7.83. The van der Waals surface area contributed by atoms with E-state index in [1.807, 2.05) is 30.3 Å². The van der Waals surface area contributed by atoms with Crippen molar-refractivity contribution in [2.45, 2.75) is 26.3 Å². The molecule has 0 saturated carbocycles. The number of hydrogen-bond acceptors (Lipinski definition) is 1. The molecular weight excluding hydrogens is 200 g/mol. The van der Waals surface area contributed by atoms with E-state index in [1.165, 1.54) is 0 Å². The number of aromatic amines is 1. The molecule has 0 aliphatic carbocycles. The highest BCUT2D eigenvalue weighted by Gasteiger charge is 2.06. The van der Waals surface area contributed by atoms with Gasteiger partial charge in [-0.25, -0.2) is 0 Å². The highest BCUT2D eigenvalue weighted by Crippen LogP contribution is 2.13. The van der Waals surface area contributed by atoms with Gasteiger partial charge in [0, 0.05) is 12.7 Å². The van der Waals surface area contributed by atoms with E-state index in [0.717, 1.165) is 30.5 Å². The van der Waals surface area contributed by atoms with E-state index >= 15 is 0 Å². The third kappa shape index (κ3) is 2.08. The fourth-order valence-corrected chi connectivity index (χ4v) is 1.72. The summed E-state index contributed by atoms with van der Waals surface area (Å²) in [4.78, 5) is 12.0. The van der Waals surface area contributed by atoms with Gasteiger partial charge in [0.15, 0.2) is 0 Å². The third-order valence-corrected chi connectivity index (χ3v) is 2.66. The van der Waals surface area contributed by atoms with E-state index in [-0.39, 0.29) is 5.56 Å². The van der Waals surface area contributed by atoms with Gasteiger partial charge in [-0.2, -0.15) is 0 Å². The summed E-state index contributed by atoms with van der Waals surface area (Å²) in [6.45, 7) is 2.88. The van der Waals surface area contributed by atoms with Crippen LogP contribution in [0.3, 0.4) is 0 Å². The minimum Gasteiger partial charge on any atom is -0.302 e. The zero-order valence-corrected chi connectivity index (χ0v) is 9.44. The van der Waals surface area contributed by atoms with Gasteiger partial charge in [-0.1, -0.05) is 43.7 Å². The Morgan fingerprint density at radius 1 is 1.25 bits per heavy atom. The fourth-order valence-electron chi connectivity index (χ4n) is 1.72. The van der Waals surface area contributed by atoms with Crippen molar-refractivity contribution in [3.63, 3.8) is 0 Å². The highest BCUT2D eigenvalue weighted by molar-refractivity contribution is 5.61. The quantitative estimate of drug-likeness (QED) is 0.838. The molecule has 0 spiro atoms. The molecule has 3 nitrogen and oxygen atoms in total. The Morgan fingerprint density at radius 2 is 2.00 bits per heavy atom. The van der Waals surface area contributed by atoms with E-state index < -0.39 is 0 Å². The first kappa shape index (κ1) is 10.7. The van der Waals surface area contributed by atoms with Crippen LogP contribution in [0.4, 0.5) is 0 Å². The summed E-state index contributed by atoms with van der Waals surface area (Å²) in [5.41, 5.74) is 1.79. The summed E-state index contributed by atoms with van der Waals surface area (Å²) in [6.07, 6.45) is 3.90. The van der Waals surface area contributed by atoms with Crippen molar-refractivity contribution in [1.29, 1.82) is 0 Å². The zero-order chi connectivity index (χ0) is 11.4. The molecule has 1 aromatic heterocycles. The number of unbranched alkanes of at least 4 members (excludes halogenated alkanes) is 1. The van der Waals surface area contributed by atoms with Gasteiger partial charge in [-0.05, 0) is 12.0 Å². The summed E-state index contributed by atoms with van der Waals surface area (Å²) in [6, 6.07) is 9.74. The number of aryl methyl sites for hydroxylation is 1. The Kier molecular flexibility index (Phi) is 3.25. The van der Waals surface area contributed by atoms with Crippen LogP contribution in [0.5, 0.6) is 0 Å².